The highest BCUT2D eigenvalue weighted by molar-refractivity contribution is 5.91. The smallest absolute Gasteiger partial charge is 0.408 e. The molecule has 0 aliphatic heterocycles. The maximum absolute atomic E-state index is 13.9. The van der Waals surface area contributed by atoms with Crippen LogP contribution in [-0.4, -0.2) is 41.0 Å². The van der Waals surface area contributed by atoms with Gasteiger partial charge in [0, 0.05) is 41.4 Å². The van der Waals surface area contributed by atoms with Crippen LogP contribution >= 0.6 is 0 Å². The zero-order valence-corrected chi connectivity index (χ0v) is 26.0. The van der Waals surface area contributed by atoms with Crippen LogP contribution in [0.15, 0.2) is 66.5 Å². The highest BCUT2D eigenvalue weighted by Crippen LogP contribution is 2.54. The summed E-state index contributed by atoms with van der Waals surface area (Å²) in [7, 11) is 0. The molecule has 4 N–H and O–H groups in total. The summed E-state index contributed by atoms with van der Waals surface area (Å²) in [5.41, 5.74) is 3.36. The lowest BCUT2D eigenvalue weighted by Crippen LogP contribution is -2.60. The quantitative estimate of drug-likeness (QED) is 0.195. The fourth-order valence-corrected chi connectivity index (χ4v) is 8.21. The Balaban J connectivity index is 1.15. The van der Waals surface area contributed by atoms with E-state index in [2.05, 4.69) is 20.9 Å². The summed E-state index contributed by atoms with van der Waals surface area (Å²) in [6.45, 7) is 5.53. The molecular formula is C36H44N4O4. The highest BCUT2D eigenvalue weighted by atomic mass is 16.6. The number of hydrogen-bond acceptors (Lipinski definition) is 5. The molecule has 4 fully saturated rings. The predicted octanol–water partition coefficient (Wildman–Crippen LogP) is 6.28. The lowest BCUT2D eigenvalue weighted by molar-refractivity contribution is -0.127. The molecule has 232 valence electrons. The van der Waals surface area contributed by atoms with Crippen molar-refractivity contribution in [2.45, 2.75) is 77.4 Å². The summed E-state index contributed by atoms with van der Waals surface area (Å²) in [5, 5.41) is 10.4. The second kappa shape index (κ2) is 12.5. The first-order chi connectivity index (χ1) is 21.2. The number of para-hydroxylation sites is 2. The van der Waals surface area contributed by atoms with Crippen LogP contribution in [0.3, 0.4) is 0 Å². The van der Waals surface area contributed by atoms with Gasteiger partial charge in [-0.1, -0.05) is 36.4 Å². The molecule has 8 heteroatoms. The SMILES string of the molecule is CC(=O)C=C(C)Nc1ccccc1CCNC(=O)C(C)(Cc1c[nH]c2ccccc12)NC(=O)OC1C2CC3CC(C2)CC1C3. The number of fused-ring (bicyclic) bond motifs is 1. The summed E-state index contributed by atoms with van der Waals surface area (Å²) < 4.78 is 6.16. The number of amides is 2. The molecule has 1 atom stereocenters. The van der Waals surface area contributed by atoms with Gasteiger partial charge in [0.1, 0.15) is 11.6 Å². The number of aromatic nitrogens is 1. The highest BCUT2D eigenvalue weighted by Gasteiger charge is 2.50. The van der Waals surface area contributed by atoms with Gasteiger partial charge in [-0.2, -0.15) is 0 Å². The number of hydrogen-bond donors (Lipinski definition) is 4. The molecule has 0 saturated heterocycles. The van der Waals surface area contributed by atoms with Crippen molar-refractivity contribution in [3.63, 3.8) is 0 Å². The minimum atomic E-state index is -1.23. The summed E-state index contributed by atoms with van der Waals surface area (Å²) in [6.07, 6.45) is 9.73. The van der Waals surface area contributed by atoms with E-state index in [1.807, 2.05) is 61.7 Å². The van der Waals surface area contributed by atoms with E-state index in [1.165, 1.54) is 13.3 Å². The second-order valence-corrected chi connectivity index (χ2v) is 13.5. The predicted molar refractivity (Wildman–Crippen MR) is 172 cm³/mol. The number of rotatable bonds is 11. The molecule has 8 nitrogen and oxygen atoms in total. The van der Waals surface area contributed by atoms with E-state index in [0.717, 1.165) is 70.9 Å². The van der Waals surface area contributed by atoms with Crippen LogP contribution in [0.2, 0.25) is 0 Å². The summed E-state index contributed by atoms with van der Waals surface area (Å²) in [5.74, 6) is 2.16. The third-order valence-corrected chi connectivity index (χ3v) is 9.93. The van der Waals surface area contributed by atoms with E-state index < -0.39 is 11.6 Å². The zero-order valence-electron chi connectivity index (χ0n) is 26.0. The van der Waals surface area contributed by atoms with Gasteiger partial charge >= 0.3 is 6.09 Å². The van der Waals surface area contributed by atoms with Gasteiger partial charge in [-0.05, 0) is 112 Å². The van der Waals surface area contributed by atoms with Gasteiger partial charge in [0.2, 0.25) is 5.91 Å². The Morgan fingerprint density at radius 1 is 0.932 bits per heavy atom. The molecule has 44 heavy (non-hydrogen) atoms. The molecule has 2 amide bonds. The number of nitrogens with one attached hydrogen (secondary N) is 4. The molecule has 4 aliphatic carbocycles. The van der Waals surface area contributed by atoms with E-state index in [-0.39, 0.29) is 17.8 Å². The lowest BCUT2D eigenvalue weighted by Gasteiger charge is -2.53. The van der Waals surface area contributed by atoms with Crippen LogP contribution in [-0.2, 0) is 27.2 Å². The first kappa shape index (κ1) is 30.0. The van der Waals surface area contributed by atoms with Crippen molar-refractivity contribution in [3.8, 4) is 0 Å². The molecule has 1 heterocycles. The van der Waals surface area contributed by atoms with Gasteiger partial charge in [0.25, 0.3) is 0 Å². The first-order valence-electron chi connectivity index (χ1n) is 16.0. The standard InChI is InChI=1S/C36H44N4O4/c1-22(14-23(2)41)39-31-10-6-4-8-26(31)12-13-37-34(42)36(3,20-29-21-38-32-11-7-5-9-30(29)32)40-35(43)44-33-27-16-24-15-25(18-27)19-28(33)17-24/h4-11,14,21,24-25,27-28,33,38-39H,12-13,15-20H2,1-3H3,(H,37,42)(H,40,43). The number of alkyl carbamates (subject to hydrolysis) is 1. The lowest BCUT2D eigenvalue weighted by atomic mass is 9.55. The largest absolute Gasteiger partial charge is 0.446 e. The van der Waals surface area contributed by atoms with E-state index in [9.17, 15) is 14.4 Å². The monoisotopic (exact) mass is 596 g/mol. The summed E-state index contributed by atoms with van der Waals surface area (Å²) >= 11 is 0. The molecule has 2 aromatic carbocycles. The number of benzene rings is 2. The molecule has 1 aromatic heterocycles. The molecule has 3 aromatic rings. The van der Waals surface area contributed by atoms with E-state index in [1.54, 1.807) is 13.0 Å². The second-order valence-electron chi connectivity index (χ2n) is 13.5. The minimum absolute atomic E-state index is 0.0245. The average Bonchev–Trinajstić information content (AvgIpc) is 3.37. The van der Waals surface area contributed by atoms with Crippen LogP contribution in [0.4, 0.5) is 10.5 Å². The maximum Gasteiger partial charge on any atom is 0.408 e. The van der Waals surface area contributed by atoms with Gasteiger partial charge in [0.05, 0.1) is 0 Å². The number of anilines is 1. The zero-order chi connectivity index (χ0) is 30.8. The van der Waals surface area contributed by atoms with Crippen LogP contribution in [0.5, 0.6) is 0 Å². The molecule has 7 rings (SSSR count). The molecule has 4 aliphatic rings. The van der Waals surface area contributed by atoms with Gasteiger partial charge in [-0.15, -0.1) is 0 Å². The summed E-state index contributed by atoms with van der Waals surface area (Å²) in [4.78, 5) is 42.2. The first-order valence-corrected chi connectivity index (χ1v) is 16.0. The Labute approximate surface area is 259 Å². The van der Waals surface area contributed by atoms with Crippen LogP contribution in [0.1, 0.15) is 64.0 Å². The Morgan fingerprint density at radius 3 is 2.34 bits per heavy atom. The normalized spacial score (nSPS) is 25.3. The van der Waals surface area contributed by atoms with Crippen molar-refractivity contribution in [3.05, 3.63) is 77.6 Å². The van der Waals surface area contributed by atoms with Crippen molar-refractivity contribution in [2.75, 3.05) is 11.9 Å². The van der Waals surface area contributed by atoms with Crippen molar-refractivity contribution in [2.24, 2.45) is 23.7 Å². The number of carbonyl (C=O) groups is 3. The third-order valence-electron chi connectivity index (χ3n) is 9.93. The Kier molecular flexibility index (Phi) is 8.52. The van der Waals surface area contributed by atoms with Crippen LogP contribution in [0, 0.1) is 23.7 Å². The molecular weight excluding hydrogens is 552 g/mol. The fraction of sp³-hybridized carbons (Fsp3) is 0.472. The Hall–Kier alpha value is -4.07. The summed E-state index contributed by atoms with van der Waals surface area (Å²) in [6, 6.07) is 15.8. The third kappa shape index (κ3) is 6.54. The van der Waals surface area contributed by atoms with Crippen molar-refractivity contribution >= 4 is 34.4 Å². The molecule has 0 radical (unpaired) electrons. The van der Waals surface area contributed by atoms with E-state index in [4.69, 9.17) is 4.74 Å². The van der Waals surface area contributed by atoms with Crippen molar-refractivity contribution in [1.82, 2.24) is 15.6 Å². The number of aromatic amines is 1. The fourth-order valence-electron chi connectivity index (χ4n) is 8.21. The topological polar surface area (TPSA) is 112 Å². The maximum atomic E-state index is 13.9. The number of carbonyl (C=O) groups excluding carboxylic acids is 3. The number of H-pyrrole nitrogens is 1. The van der Waals surface area contributed by atoms with Crippen molar-refractivity contribution < 1.29 is 19.1 Å². The average molecular weight is 597 g/mol. The van der Waals surface area contributed by atoms with Gasteiger partial charge in [0.15, 0.2) is 5.78 Å². The molecule has 4 saturated carbocycles. The number of ether oxygens (including phenoxy) is 1. The van der Waals surface area contributed by atoms with Crippen molar-refractivity contribution in [1.29, 1.82) is 0 Å². The van der Waals surface area contributed by atoms with Crippen LogP contribution in [0.25, 0.3) is 10.9 Å². The Morgan fingerprint density at radius 2 is 1.61 bits per heavy atom. The minimum Gasteiger partial charge on any atom is -0.446 e. The van der Waals surface area contributed by atoms with E-state index in [0.29, 0.717) is 31.2 Å². The molecule has 0 spiro atoms. The van der Waals surface area contributed by atoms with Gasteiger partial charge in [-0.3, -0.25) is 9.59 Å². The Bertz CT molecular complexity index is 1550. The number of allylic oxidation sites excluding steroid dienone is 2. The van der Waals surface area contributed by atoms with Gasteiger partial charge in [-0.25, -0.2) is 4.79 Å². The number of ketones is 1. The van der Waals surface area contributed by atoms with Gasteiger partial charge < -0.3 is 25.7 Å². The molecule has 4 bridgehead atoms. The molecule has 1 unspecified atom stereocenters. The van der Waals surface area contributed by atoms with E-state index >= 15 is 0 Å². The van der Waals surface area contributed by atoms with Crippen LogP contribution < -0.4 is 16.0 Å².